The van der Waals surface area contributed by atoms with Crippen molar-refractivity contribution in [2.75, 3.05) is 0 Å². The largest absolute Gasteiger partial charge is 0.444 e. The number of alkyl carbamates (subject to hydrolysis) is 1. The van der Waals surface area contributed by atoms with Gasteiger partial charge in [-0.15, -0.1) is 0 Å². The van der Waals surface area contributed by atoms with Crippen molar-refractivity contribution in [1.82, 2.24) is 21.2 Å². The van der Waals surface area contributed by atoms with Crippen molar-refractivity contribution in [3.8, 4) is 0 Å². The summed E-state index contributed by atoms with van der Waals surface area (Å²) in [5.74, 6) is -0.921. The van der Waals surface area contributed by atoms with Crippen LogP contribution in [0.25, 0.3) is 10.9 Å². The van der Waals surface area contributed by atoms with Crippen LogP contribution in [0.3, 0.4) is 0 Å². The number of aromatic amines is 1. The zero-order valence-electron chi connectivity index (χ0n) is 15.3. The Labute approximate surface area is 151 Å². The fraction of sp³-hybridized carbons (Fsp3) is 0.389. The number of benzene rings is 1. The van der Waals surface area contributed by atoms with E-state index < -0.39 is 23.6 Å². The van der Waals surface area contributed by atoms with E-state index in [1.54, 1.807) is 27.0 Å². The molecule has 0 saturated heterocycles. The van der Waals surface area contributed by atoms with Crippen LogP contribution >= 0.6 is 0 Å². The summed E-state index contributed by atoms with van der Waals surface area (Å²) in [5.41, 5.74) is 5.74. The van der Waals surface area contributed by atoms with Gasteiger partial charge in [-0.25, -0.2) is 4.79 Å². The van der Waals surface area contributed by atoms with E-state index in [-0.39, 0.29) is 12.3 Å². The number of ether oxygens (including phenoxy) is 1. The summed E-state index contributed by atoms with van der Waals surface area (Å²) in [6, 6.07) is 6.77. The van der Waals surface area contributed by atoms with Crippen LogP contribution in [0.1, 0.15) is 33.3 Å². The summed E-state index contributed by atoms with van der Waals surface area (Å²) in [6.45, 7) is 6.66. The molecule has 1 aromatic carbocycles. The summed E-state index contributed by atoms with van der Waals surface area (Å²) in [6.07, 6.45) is 1.17. The third-order valence-corrected chi connectivity index (χ3v) is 3.48. The van der Waals surface area contributed by atoms with Crippen LogP contribution in [-0.4, -0.2) is 34.5 Å². The van der Waals surface area contributed by atoms with Crippen molar-refractivity contribution in [1.29, 1.82) is 0 Å². The van der Waals surface area contributed by atoms with E-state index in [1.165, 1.54) is 6.92 Å². The molecule has 0 fully saturated rings. The predicted octanol–water partition coefficient (Wildman–Crippen LogP) is 1.77. The van der Waals surface area contributed by atoms with Gasteiger partial charge in [0, 0.05) is 17.1 Å². The van der Waals surface area contributed by atoms with Crippen LogP contribution in [0.5, 0.6) is 0 Å². The second-order valence-corrected chi connectivity index (χ2v) is 6.94. The van der Waals surface area contributed by atoms with Crippen molar-refractivity contribution >= 4 is 28.8 Å². The first-order valence-electron chi connectivity index (χ1n) is 8.29. The average Bonchev–Trinajstić information content (AvgIpc) is 2.94. The van der Waals surface area contributed by atoms with Gasteiger partial charge in [0.1, 0.15) is 11.6 Å². The third kappa shape index (κ3) is 5.51. The number of aromatic nitrogens is 1. The molecule has 0 spiro atoms. The van der Waals surface area contributed by atoms with E-state index in [4.69, 9.17) is 4.74 Å². The SMILES string of the molecule is C[C@@H](NC(=O)OC(C)(C)C)C(=O)NNC(=O)Cc1c[nH]c2ccccc12. The van der Waals surface area contributed by atoms with E-state index in [2.05, 4.69) is 21.2 Å². The Hall–Kier alpha value is -3.03. The van der Waals surface area contributed by atoms with Crippen LogP contribution in [0.15, 0.2) is 30.5 Å². The molecular weight excluding hydrogens is 336 g/mol. The van der Waals surface area contributed by atoms with Crippen molar-refractivity contribution in [3.63, 3.8) is 0 Å². The minimum absolute atomic E-state index is 0.109. The zero-order chi connectivity index (χ0) is 19.3. The number of H-pyrrole nitrogens is 1. The van der Waals surface area contributed by atoms with Gasteiger partial charge < -0.3 is 15.0 Å². The highest BCUT2D eigenvalue weighted by atomic mass is 16.6. The highest BCUT2D eigenvalue weighted by molar-refractivity contribution is 5.91. The van der Waals surface area contributed by atoms with E-state index in [0.717, 1.165) is 16.5 Å². The molecule has 0 bridgehead atoms. The van der Waals surface area contributed by atoms with Gasteiger partial charge in [0.05, 0.1) is 6.42 Å². The summed E-state index contributed by atoms with van der Waals surface area (Å²) < 4.78 is 5.07. The van der Waals surface area contributed by atoms with Crippen molar-refractivity contribution in [2.24, 2.45) is 0 Å². The van der Waals surface area contributed by atoms with Gasteiger partial charge in [0.2, 0.25) is 5.91 Å². The number of carbonyl (C=O) groups is 3. The van der Waals surface area contributed by atoms with Crippen LogP contribution in [0, 0.1) is 0 Å². The molecule has 2 rings (SSSR count). The number of hydrazine groups is 1. The molecule has 3 amide bonds. The number of nitrogens with one attached hydrogen (secondary N) is 4. The van der Waals surface area contributed by atoms with E-state index in [9.17, 15) is 14.4 Å². The fourth-order valence-corrected chi connectivity index (χ4v) is 2.28. The van der Waals surface area contributed by atoms with Crippen LogP contribution in [0.4, 0.5) is 4.79 Å². The lowest BCUT2D eigenvalue weighted by atomic mass is 10.1. The molecule has 0 aliphatic heterocycles. The van der Waals surface area contributed by atoms with Gasteiger partial charge in [-0.1, -0.05) is 18.2 Å². The lowest BCUT2D eigenvalue weighted by molar-refractivity contribution is -0.129. The molecule has 0 radical (unpaired) electrons. The molecule has 0 unspecified atom stereocenters. The van der Waals surface area contributed by atoms with Crippen molar-refractivity contribution < 1.29 is 19.1 Å². The molecule has 0 aliphatic carbocycles. The number of hydrogen-bond acceptors (Lipinski definition) is 4. The Balaban J connectivity index is 1.81. The first kappa shape index (κ1) is 19.3. The third-order valence-electron chi connectivity index (χ3n) is 3.48. The maximum atomic E-state index is 12.0. The van der Waals surface area contributed by atoms with E-state index in [1.807, 2.05) is 24.3 Å². The molecule has 140 valence electrons. The molecule has 1 atom stereocenters. The smallest absolute Gasteiger partial charge is 0.408 e. The molecule has 1 heterocycles. The van der Waals surface area contributed by atoms with E-state index in [0.29, 0.717) is 0 Å². The first-order valence-corrected chi connectivity index (χ1v) is 8.29. The Morgan fingerprint density at radius 3 is 2.54 bits per heavy atom. The predicted molar refractivity (Wildman–Crippen MR) is 97.1 cm³/mol. The number of hydrogen-bond donors (Lipinski definition) is 4. The topological polar surface area (TPSA) is 112 Å². The lowest BCUT2D eigenvalue weighted by Crippen LogP contribution is -2.52. The Bertz CT molecular complexity index is 807. The van der Waals surface area contributed by atoms with Gasteiger partial charge in [-0.3, -0.25) is 20.4 Å². The summed E-state index contributed by atoms with van der Waals surface area (Å²) >= 11 is 0. The van der Waals surface area contributed by atoms with Gasteiger partial charge in [0.25, 0.3) is 5.91 Å². The second-order valence-electron chi connectivity index (χ2n) is 6.94. The second kappa shape index (κ2) is 7.90. The normalized spacial score (nSPS) is 12.3. The fourth-order valence-electron chi connectivity index (χ4n) is 2.28. The van der Waals surface area contributed by atoms with Crippen LogP contribution < -0.4 is 16.2 Å². The number of rotatable bonds is 4. The van der Waals surface area contributed by atoms with Gasteiger partial charge in [-0.05, 0) is 39.3 Å². The Kier molecular flexibility index (Phi) is 5.86. The highest BCUT2D eigenvalue weighted by Gasteiger charge is 2.21. The molecule has 1 aromatic heterocycles. The average molecular weight is 360 g/mol. The first-order chi connectivity index (χ1) is 12.2. The summed E-state index contributed by atoms with van der Waals surface area (Å²) in [4.78, 5) is 38.7. The number of carbonyl (C=O) groups excluding carboxylic acids is 3. The molecule has 0 aliphatic rings. The Morgan fingerprint density at radius 2 is 1.85 bits per heavy atom. The molecule has 0 saturated carbocycles. The minimum Gasteiger partial charge on any atom is -0.444 e. The van der Waals surface area contributed by atoms with E-state index >= 15 is 0 Å². The summed E-state index contributed by atoms with van der Waals surface area (Å²) in [5, 5.41) is 3.35. The monoisotopic (exact) mass is 360 g/mol. The standard InChI is InChI=1S/C18H24N4O4/c1-11(20-17(25)26-18(2,3)4)16(24)22-21-15(23)9-12-10-19-14-8-6-5-7-13(12)14/h5-8,10-11,19H,9H2,1-4H3,(H,20,25)(H,21,23)(H,22,24)/t11-/m1/s1. The maximum Gasteiger partial charge on any atom is 0.408 e. The van der Waals surface area contributed by atoms with Crippen molar-refractivity contribution in [3.05, 3.63) is 36.0 Å². The van der Waals surface area contributed by atoms with Gasteiger partial charge in [-0.2, -0.15) is 0 Å². The number of para-hydroxylation sites is 1. The zero-order valence-corrected chi connectivity index (χ0v) is 15.3. The molecule has 8 nitrogen and oxygen atoms in total. The summed E-state index contributed by atoms with van der Waals surface area (Å²) in [7, 11) is 0. The molecular formula is C18H24N4O4. The lowest BCUT2D eigenvalue weighted by Gasteiger charge is -2.21. The minimum atomic E-state index is -0.863. The van der Waals surface area contributed by atoms with Gasteiger partial charge in [0.15, 0.2) is 0 Å². The van der Waals surface area contributed by atoms with Crippen LogP contribution in [-0.2, 0) is 20.7 Å². The molecule has 26 heavy (non-hydrogen) atoms. The molecule has 2 aromatic rings. The molecule has 8 heteroatoms. The maximum absolute atomic E-state index is 12.0. The highest BCUT2D eigenvalue weighted by Crippen LogP contribution is 2.17. The number of fused-ring (bicyclic) bond motifs is 1. The van der Waals surface area contributed by atoms with Crippen molar-refractivity contribution in [2.45, 2.75) is 45.8 Å². The molecule has 4 N–H and O–H groups in total. The quantitative estimate of drug-likeness (QED) is 0.623. The van der Waals surface area contributed by atoms with Gasteiger partial charge >= 0.3 is 6.09 Å². The Morgan fingerprint density at radius 1 is 1.15 bits per heavy atom. The van der Waals surface area contributed by atoms with Crippen LogP contribution in [0.2, 0.25) is 0 Å². The number of amides is 3.